The van der Waals surface area contributed by atoms with Crippen LogP contribution in [-0.4, -0.2) is 28.9 Å². The van der Waals surface area contributed by atoms with Gasteiger partial charge in [-0.2, -0.15) is 0 Å². The van der Waals surface area contributed by atoms with Crippen LogP contribution in [0.2, 0.25) is 0 Å². The van der Waals surface area contributed by atoms with Crippen LogP contribution in [0.25, 0.3) is 0 Å². The van der Waals surface area contributed by atoms with Crippen LogP contribution in [0.4, 0.5) is 4.79 Å². The number of carbonyl (C=O) groups is 3. The summed E-state index contributed by atoms with van der Waals surface area (Å²) in [5.41, 5.74) is 2.67. The van der Waals surface area contributed by atoms with Gasteiger partial charge in [0.15, 0.2) is 0 Å². The zero-order valence-corrected chi connectivity index (χ0v) is 15.0. The third-order valence-corrected chi connectivity index (χ3v) is 4.18. The van der Waals surface area contributed by atoms with Crippen LogP contribution in [0.1, 0.15) is 23.1 Å². The molecule has 1 atom stereocenters. The number of aryl methyl sites for hydroxylation is 2. The number of rotatable bonds is 6. The van der Waals surface area contributed by atoms with E-state index in [0.717, 1.165) is 16.9 Å². The number of urea groups is 1. The average molecular weight is 368 g/mol. The topological polar surface area (TPSA) is 109 Å². The first-order chi connectivity index (χ1) is 12.9. The molecular formula is C19H20N4O4. The minimum Gasteiger partial charge on any atom is -0.438 e. The molecule has 1 saturated heterocycles. The molecule has 0 spiro atoms. The summed E-state index contributed by atoms with van der Waals surface area (Å²) < 4.78 is 5.98. The molecule has 3 rings (SSSR count). The molecule has 1 aliphatic rings. The first-order valence-corrected chi connectivity index (χ1v) is 8.50. The van der Waals surface area contributed by atoms with E-state index in [1.165, 1.54) is 0 Å². The molecule has 0 radical (unpaired) electrons. The Labute approximate surface area is 156 Å². The maximum absolute atomic E-state index is 12.1. The number of nitrogens with one attached hydrogen (secondary N) is 3. The van der Waals surface area contributed by atoms with Gasteiger partial charge >= 0.3 is 6.03 Å². The predicted molar refractivity (Wildman–Crippen MR) is 97.2 cm³/mol. The largest absolute Gasteiger partial charge is 0.438 e. The molecule has 1 aliphatic heterocycles. The lowest BCUT2D eigenvalue weighted by Crippen LogP contribution is -2.36. The number of hydrogen-bond donors (Lipinski definition) is 3. The first kappa shape index (κ1) is 18.4. The second-order valence-corrected chi connectivity index (χ2v) is 6.29. The van der Waals surface area contributed by atoms with E-state index in [4.69, 9.17) is 4.74 Å². The third-order valence-electron chi connectivity index (χ3n) is 4.18. The molecule has 27 heavy (non-hydrogen) atoms. The Morgan fingerprint density at radius 2 is 1.93 bits per heavy atom. The van der Waals surface area contributed by atoms with Crippen molar-refractivity contribution in [3.8, 4) is 11.6 Å². The van der Waals surface area contributed by atoms with E-state index >= 15 is 0 Å². The van der Waals surface area contributed by atoms with E-state index in [0.29, 0.717) is 11.4 Å². The second-order valence-electron chi connectivity index (χ2n) is 6.29. The number of pyridine rings is 1. The summed E-state index contributed by atoms with van der Waals surface area (Å²) in [7, 11) is 0. The Morgan fingerprint density at radius 3 is 2.59 bits per heavy atom. The molecule has 0 bridgehead atoms. The van der Waals surface area contributed by atoms with Gasteiger partial charge in [0.2, 0.25) is 11.8 Å². The van der Waals surface area contributed by atoms with Crippen molar-refractivity contribution in [3.05, 3.63) is 53.2 Å². The lowest BCUT2D eigenvalue weighted by atomic mass is 10.1. The highest BCUT2D eigenvalue weighted by molar-refractivity contribution is 6.05. The summed E-state index contributed by atoms with van der Waals surface area (Å²) in [5.74, 6) is 0.269. The number of amides is 4. The lowest BCUT2D eigenvalue weighted by molar-refractivity contribution is -0.126. The monoisotopic (exact) mass is 368 g/mol. The average Bonchev–Trinajstić information content (AvgIpc) is 2.94. The molecule has 0 saturated carbocycles. The molecule has 1 fully saturated rings. The summed E-state index contributed by atoms with van der Waals surface area (Å²) in [5, 5.41) is 7.21. The fraction of sp³-hybridized carbons (Fsp3) is 0.263. The van der Waals surface area contributed by atoms with Gasteiger partial charge < -0.3 is 15.4 Å². The van der Waals surface area contributed by atoms with Crippen LogP contribution in [0.5, 0.6) is 11.6 Å². The Balaban J connectivity index is 1.65. The fourth-order valence-corrected chi connectivity index (χ4v) is 2.76. The minimum absolute atomic E-state index is 0.134. The van der Waals surface area contributed by atoms with Crippen molar-refractivity contribution in [2.24, 2.45) is 0 Å². The van der Waals surface area contributed by atoms with E-state index in [2.05, 4.69) is 20.9 Å². The molecule has 2 heterocycles. The highest BCUT2D eigenvalue weighted by Gasteiger charge is 2.31. The van der Waals surface area contributed by atoms with Gasteiger partial charge in [-0.05, 0) is 31.0 Å². The highest BCUT2D eigenvalue weighted by Crippen LogP contribution is 2.29. The zero-order chi connectivity index (χ0) is 19.4. The van der Waals surface area contributed by atoms with E-state index < -0.39 is 18.0 Å². The van der Waals surface area contributed by atoms with Crippen molar-refractivity contribution in [1.82, 2.24) is 20.9 Å². The minimum atomic E-state index is -0.850. The van der Waals surface area contributed by atoms with Crippen molar-refractivity contribution in [3.63, 3.8) is 0 Å². The quantitative estimate of drug-likeness (QED) is 0.673. The standard InChI is InChI=1S/C19H20N4O4/c1-11-5-3-6-12(2)16(11)27-18-13(7-4-8-20-18)10-21-15(24)9-14-17(25)23-19(26)22-14/h3-8,14H,9-10H2,1-2H3,(H,21,24)(H2,22,23,25,26)/t14-/m1/s1. The molecule has 0 unspecified atom stereocenters. The molecule has 4 amide bonds. The first-order valence-electron chi connectivity index (χ1n) is 8.50. The molecule has 1 aromatic carbocycles. The van der Waals surface area contributed by atoms with Gasteiger partial charge in [0.25, 0.3) is 5.91 Å². The Kier molecular flexibility index (Phi) is 5.35. The fourth-order valence-electron chi connectivity index (χ4n) is 2.76. The van der Waals surface area contributed by atoms with E-state index in [-0.39, 0.29) is 18.9 Å². The predicted octanol–water partition coefficient (Wildman–Crippen LogP) is 1.71. The van der Waals surface area contributed by atoms with Crippen molar-refractivity contribution in [2.45, 2.75) is 32.9 Å². The van der Waals surface area contributed by atoms with Crippen LogP contribution in [0.3, 0.4) is 0 Å². The molecular weight excluding hydrogens is 348 g/mol. The molecule has 3 N–H and O–H groups in total. The summed E-state index contributed by atoms with van der Waals surface area (Å²) in [6.45, 7) is 4.09. The zero-order valence-electron chi connectivity index (χ0n) is 15.0. The van der Waals surface area contributed by atoms with Crippen LogP contribution >= 0.6 is 0 Å². The smallest absolute Gasteiger partial charge is 0.322 e. The van der Waals surface area contributed by atoms with Gasteiger partial charge in [-0.25, -0.2) is 9.78 Å². The maximum atomic E-state index is 12.1. The van der Waals surface area contributed by atoms with Gasteiger partial charge in [-0.3, -0.25) is 14.9 Å². The van der Waals surface area contributed by atoms with Crippen LogP contribution in [-0.2, 0) is 16.1 Å². The SMILES string of the molecule is Cc1cccc(C)c1Oc1ncccc1CNC(=O)C[C@H]1NC(=O)NC1=O. The van der Waals surface area contributed by atoms with E-state index in [1.54, 1.807) is 18.3 Å². The number of para-hydroxylation sites is 1. The lowest BCUT2D eigenvalue weighted by Gasteiger charge is -2.14. The van der Waals surface area contributed by atoms with Crippen LogP contribution < -0.4 is 20.7 Å². The summed E-state index contributed by atoms with van der Waals surface area (Å²) in [4.78, 5) is 39.0. The van der Waals surface area contributed by atoms with Crippen molar-refractivity contribution in [1.29, 1.82) is 0 Å². The number of carbonyl (C=O) groups excluding carboxylic acids is 3. The maximum Gasteiger partial charge on any atom is 0.322 e. The van der Waals surface area contributed by atoms with Gasteiger partial charge in [0.05, 0.1) is 6.42 Å². The molecule has 140 valence electrons. The number of ether oxygens (including phenoxy) is 1. The number of imide groups is 1. The van der Waals surface area contributed by atoms with Crippen LogP contribution in [0.15, 0.2) is 36.5 Å². The molecule has 2 aromatic rings. The van der Waals surface area contributed by atoms with Crippen LogP contribution in [0, 0.1) is 13.8 Å². The Hall–Kier alpha value is -3.42. The van der Waals surface area contributed by atoms with Gasteiger partial charge in [0, 0.05) is 18.3 Å². The number of hydrogen-bond acceptors (Lipinski definition) is 5. The van der Waals surface area contributed by atoms with E-state index in [9.17, 15) is 14.4 Å². The van der Waals surface area contributed by atoms with Crippen molar-refractivity contribution in [2.75, 3.05) is 0 Å². The second kappa shape index (κ2) is 7.86. The summed E-state index contributed by atoms with van der Waals surface area (Å²) >= 11 is 0. The summed E-state index contributed by atoms with van der Waals surface area (Å²) in [6.07, 6.45) is 1.48. The molecule has 1 aromatic heterocycles. The highest BCUT2D eigenvalue weighted by atomic mass is 16.5. The Bertz CT molecular complexity index is 877. The number of nitrogens with zero attached hydrogens (tertiary/aromatic N) is 1. The third kappa shape index (κ3) is 4.41. The molecule has 0 aliphatic carbocycles. The van der Waals surface area contributed by atoms with Gasteiger partial charge in [-0.15, -0.1) is 0 Å². The molecule has 8 nitrogen and oxygen atoms in total. The normalized spacial score (nSPS) is 15.9. The van der Waals surface area contributed by atoms with E-state index in [1.807, 2.05) is 32.0 Å². The molecule has 8 heteroatoms. The van der Waals surface area contributed by atoms with Crippen molar-refractivity contribution < 1.29 is 19.1 Å². The summed E-state index contributed by atoms with van der Waals surface area (Å²) in [6, 6.07) is 7.98. The number of aromatic nitrogens is 1. The van der Waals surface area contributed by atoms with Gasteiger partial charge in [0.1, 0.15) is 11.8 Å². The Morgan fingerprint density at radius 1 is 1.19 bits per heavy atom. The van der Waals surface area contributed by atoms with Gasteiger partial charge in [-0.1, -0.05) is 24.3 Å². The number of benzene rings is 1. The van der Waals surface area contributed by atoms with Crippen molar-refractivity contribution >= 4 is 17.8 Å².